The summed E-state index contributed by atoms with van der Waals surface area (Å²) in [6, 6.07) is -0.494. The molecule has 1 aliphatic heterocycles. The number of hydrogen-bond acceptors (Lipinski definition) is 3. The summed E-state index contributed by atoms with van der Waals surface area (Å²) in [5.74, 6) is -0.506. The Labute approximate surface area is 153 Å². The molecule has 138 valence electrons. The number of nitrogens with one attached hydrogen (secondary N) is 2. The van der Waals surface area contributed by atoms with Crippen LogP contribution in [0.2, 0.25) is 0 Å². The van der Waals surface area contributed by atoms with Crippen LogP contribution < -0.4 is 10.6 Å². The lowest BCUT2D eigenvalue weighted by molar-refractivity contribution is -0.145. The van der Waals surface area contributed by atoms with E-state index < -0.39 is 17.0 Å². The van der Waals surface area contributed by atoms with Crippen molar-refractivity contribution in [2.45, 2.75) is 65.5 Å². The van der Waals surface area contributed by atoms with E-state index in [0.717, 1.165) is 18.2 Å². The molecule has 0 aromatic rings. The lowest BCUT2D eigenvalue weighted by atomic mass is 9.94. The van der Waals surface area contributed by atoms with Gasteiger partial charge in [-0.25, -0.2) is 0 Å². The van der Waals surface area contributed by atoms with Gasteiger partial charge in [0.25, 0.3) is 0 Å². The monoisotopic (exact) mass is 403 g/mol. The number of halogens is 1. The Hall–Kier alpha value is -1.11. The van der Waals surface area contributed by atoms with Gasteiger partial charge in [0.15, 0.2) is 0 Å². The molecule has 0 aromatic carbocycles. The van der Waals surface area contributed by atoms with Gasteiger partial charge in [-0.05, 0) is 33.1 Å². The fraction of sp³-hybridized carbons (Fsp3) is 0.824. The lowest BCUT2D eigenvalue weighted by Crippen LogP contribution is -2.59. The summed E-state index contributed by atoms with van der Waals surface area (Å²) < 4.78 is 0. The second-order valence-electron chi connectivity index (χ2n) is 7.82. The van der Waals surface area contributed by atoms with Crippen molar-refractivity contribution in [3.8, 4) is 0 Å². The van der Waals surface area contributed by atoms with Gasteiger partial charge in [-0.3, -0.25) is 14.4 Å². The third-order valence-corrected chi connectivity index (χ3v) is 4.62. The van der Waals surface area contributed by atoms with Crippen LogP contribution in [0.3, 0.4) is 0 Å². The van der Waals surface area contributed by atoms with E-state index in [9.17, 15) is 14.4 Å². The number of likely N-dealkylation sites (tertiary alicyclic amines) is 1. The second kappa shape index (κ2) is 8.32. The molecule has 0 unspecified atom stereocenters. The first-order chi connectivity index (χ1) is 11.0. The normalized spacial score (nSPS) is 18.4. The Balaban J connectivity index is 2.71. The minimum atomic E-state index is -1.01. The molecule has 1 heterocycles. The smallest absolute Gasteiger partial charge is 0.245 e. The first-order valence-electron chi connectivity index (χ1n) is 8.48. The Kier molecular flexibility index (Phi) is 7.25. The SMILES string of the molecule is CC(C)(C)C(=O)N1CCC[C@H]1C(=O)NC(C)(C)C(=O)NCCCBr. The van der Waals surface area contributed by atoms with Gasteiger partial charge in [-0.1, -0.05) is 36.7 Å². The van der Waals surface area contributed by atoms with Gasteiger partial charge in [-0.2, -0.15) is 0 Å². The van der Waals surface area contributed by atoms with Gasteiger partial charge < -0.3 is 15.5 Å². The van der Waals surface area contributed by atoms with Crippen LogP contribution in [0.5, 0.6) is 0 Å². The van der Waals surface area contributed by atoms with Crippen molar-refractivity contribution in [1.29, 1.82) is 0 Å². The van der Waals surface area contributed by atoms with E-state index in [-0.39, 0.29) is 17.7 Å². The van der Waals surface area contributed by atoms with Crippen molar-refractivity contribution in [3.63, 3.8) is 0 Å². The van der Waals surface area contributed by atoms with Gasteiger partial charge in [0.1, 0.15) is 11.6 Å². The fourth-order valence-corrected chi connectivity index (χ4v) is 2.93. The van der Waals surface area contributed by atoms with Crippen LogP contribution in [0.1, 0.15) is 53.9 Å². The highest BCUT2D eigenvalue weighted by molar-refractivity contribution is 9.09. The summed E-state index contributed by atoms with van der Waals surface area (Å²) in [5, 5.41) is 6.43. The number of rotatable bonds is 6. The van der Waals surface area contributed by atoms with Crippen LogP contribution in [-0.2, 0) is 14.4 Å². The van der Waals surface area contributed by atoms with E-state index in [1.807, 2.05) is 20.8 Å². The fourth-order valence-electron chi connectivity index (χ4n) is 2.65. The molecule has 6 nitrogen and oxygen atoms in total. The molecule has 0 aliphatic carbocycles. The van der Waals surface area contributed by atoms with Gasteiger partial charge in [0, 0.05) is 23.8 Å². The van der Waals surface area contributed by atoms with E-state index in [1.54, 1.807) is 18.7 Å². The molecular weight excluding hydrogens is 374 g/mol. The van der Waals surface area contributed by atoms with E-state index >= 15 is 0 Å². The van der Waals surface area contributed by atoms with Crippen LogP contribution in [0, 0.1) is 5.41 Å². The summed E-state index contributed by atoms with van der Waals surface area (Å²) >= 11 is 3.31. The molecule has 24 heavy (non-hydrogen) atoms. The summed E-state index contributed by atoms with van der Waals surface area (Å²) in [7, 11) is 0. The summed E-state index contributed by atoms with van der Waals surface area (Å²) in [4.78, 5) is 39.1. The minimum Gasteiger partial charge on any atom is -0.354 e. The van der Waals surface area contributed by atoms with Crippen molar-refractivity contribution >= 4 is 33.7 Å². The Bertz CT molecular complexity index is 486. The van der Waals surface area contributed by atoms with E-state index in [1.165, 1.54) is 0 Å². The predicted molar refractivity (Wildman–Crippen MR) is 97.8 cm³/mol. The standard InChI is InChI=1S/C17H30BrN3O3/c1-16(2,3)15(24)21-11-6-8-12(21)13(22)20-17(4,5)14(23)19-10-7-9-18/h12H,6-11H2,1-5H3,(H,19,23)(H,20,22)/t12-/m0/s1. The average Bonchev–Trinajstić information content (AvgIpc) is 2.94. The van der Waals surface area contributed by atoms with Gasteiger partial charge in [0.2, 0.25) is 17.7 Å². The zero-order valence-corrected chi connectivity index (χ0v) is 17.0. The Morgan fingerprint density at radius 2 is 1.79 bits per heavy atom. The van der Waals surface area contributed by atoms with Crippen molar-refractivity contribution in [2.75, 3.05) is 18.4 Å². The van der Waals surface area contributed by atoms with Crippen molar-refractivity contribution in [1.82, 2.24) is 15.5 Å². The van der Waals surface area contributed by atoms with E-state index in [4.69, 9.17) is 0 Å². The number of alkyl halides is 1. The quantitative estimate of drug-likeness (QED) is 0.524. The molecule has 0 radical (unpaired) electrons. The summed E-state index contributed by atoms with van der Waals surface area (Å²) in [6.07, 6.45) is 2.26. The lowest BCUT2D eigenvalue weighted by Gasteiger charge is -2.32. The largest absolute Gasteiger partial charge is 0.354 e. The number of hydrogen-bond donors (Lipinski definition) is 2. The van der Waals surface area contributed by atoms with E-state index in [0.29, 0.717) is 19.5 Å². The summed E-state index contributed by atoms with van der Waals surface area (Å²) in [5.41, 5.74) is -1.53. The highest BCUT2D eigenvalue weighted by Gasteiger charge is 2.40. The Morgan fingerprint density at radius 3 is 2.33 bits per heavy atom. The van der Waals surface area contributed by atoms with Crippen molar-refractivity contribution in [2.24, 2.45) is 5.41 Å². The molecule has 0 bridgehead atoms. The molecular formula is C17H30BrN3O3. The molecule has 1 aliphatic rings. The van der Waals surface area contributed by atoms with Crippen LogP contribution in [0.4, 0.5) is 0 Å². The maximum absolute atomic E-state index is 12.6. The topological polar surface area (TPSA) is 78.5 Å². The number of carbonyl (C=O) groups is 3. The van der Waals surface area contributed by atoms with Gasteiger partial charge >= 0.3 is 0 Å². The zero-order valence-electron chi connectivity index (χ0n) is 15.4. The zero-order chi connectivity index (χ0) is 18.5. The van der Waals surface area contributed by atoms with Crippen molar-refractivity contribution in [3.05, 3.63) is 0 Å². The molecule has 3 amide bonds. The molecule has 1 atom stereocenters. The molecule has 1 saturated heterocycles. The number of amides is 3. The van der Waals surface area contributed by atoms with Crippen LogP contribution >= 0.6 is 15.9 Å². The number of carbonyl (C=O) groups excluding carboxylic acids is 3. The van der Waals surface area contributed by atoms with Crippen LogP contribution in [0.15, 0.2) is 0 Å². The first kappa shape index (κ1) is 20.9. The molecule has 0 spiro atoms. The third-order valence-electron chi connectivity index (χ3n) is 4.06. The average molecular weight is 404 g/mol. The number of nitrogens with zero attached hydrogens (tertiary/aromatic N) is 1. The summed E-state index contributed by atoms with van der Waals surface area (Å²) in [6.45, 7) is 10.1. The third kappa shape index (κ3) is 5.46. The van der Waals surface area contributed by atoms with E-state index in [2.05, 4.69) is 26.6 Å². The molecule has 2 N–H and O–H groups in total. The molecule has 0 saturated carbocycles. The van der Waals surface area contributed by atoms with Crippen LogP contribution in [-0.4, -0.2) is 52.6 Å². The Morgan fingerprint density at radius 1 is 1.17 bits per heavy atom. The first-order valence-corrected chi connectivity index (χ1v) is 9.60. The highest BCUT2D eigenvalue weighted by Crippen LogP contribution is 2.25. The molecule has 1 fully saturated rings. The van der Waals surface area contributed by atoms with Gasteiger partial charge in [-0.15, -0.1) is 0 Å². The maximum Gasteiger partial charge on any atom is 0.245 e. The minimum absolute atomic E-state index is 0.0280. The highest BCUT2D eigenvalue weighted by atomic mass is 79.9. The van der Waals surface area contributed by atoms with Crippen LogP contribution in [0.25, 0.3) is 0 Å². The van der Waals surface area contributed by atoms with Gasteiger partial charge in [0.05, 0.1) is 0 Å². The molecule has 1 rings (SSSR count). The second-order valence-corrected chi connectivity index (χ2v) is 8.61. The molecule has 7 heteroatoms. The maximum atomic E-state index is 12.6. The van der Waals surface area contributed by atoms with Crippen molar-refractivity contribution < 1.29 is 14.4 Å². The molecule has 0 aromatic heterocycles. The predicted octanol–water partition coefficient (Wildman–Crippen LogP) is 1.82.